The smallest absolute Gasteiger partial charge is 0.147 e. The van der Waals surface area contributed by atoms with E-state index < -0.39 is 0 Å². The van der Waals surface area contributed by atoms with Crippen LogP contribution in [0.5, 0.6) is 0 Å². The van der Waals surface area contributed by atoms with E-state index in [2.05, 4.69) is 31.9 Å². The summed E-state index contributed by atoms with van der Waals surface area (Å²) in [6, 6.07) is 12.0. The number of alkyl halides is 1. The Kier molecular flexibility index (Phi) is 3.36. The molecule has 4 nitrogen and oxygen atoms in total. The van der Waals surface area contributed by atoms with Crippen LogP contribution in [0.3, 0.4) is 0 Å². The van der Waals surface area contributed by atoms with Crippen molar-refractivity contribution < 1.29 is 4.74 Å². The second-order valence-electron chi connectivity index (χ2n) is 4.39. The first-order valence-corrected chi connectivity index (χ1v) is 7.00. The van der Waals surface area contributed by atoms with E-state index >= 15 is 0 Å². The molecule has 1 aliphatic heterocycles. The van der Waals surface area contributed by atoms with Gasteiger partial charge in [-0.3, -0.25) is 0 Å². The number of hydrogen-bond acceptors (Lipinski definition) is 4. The molecule has 1 atom stereocenters. The molecule has 0 radical (unpaired) electrons. The summed E-state index contributed by atoms with van der Waals surface area (Å²) in [7, 11) is 0. The standard InChI is InChI=1S/C14H12BrN3O/c15-13-9-18(5-6-19-13)14-11(8-16)7-10-3-1-2-4-12(10)17-14/h1-4,7,13H,5-6,9H2. The summed E-state index contributed by atoms with van der Waals surface area (Å²) in [6.45, 7) is 2.08. The average Bonchev–Trinajstić information content (AvgIpc) is 2.46. The molecule has 1 unspecified atom stereocenters. The molecule has 3 rings (SSSR count). The van der Waals surface area contributed by atoms with Gasteiger partial charge >= 0.3 is 0 Å². The zero-order chi connectivity index (χ0) is 13.2. The Morgan fingerprint density at radius 3 is 3.05 bits per heavy atom. The van der Waals surface area contributed by atoms with E-state index in [1.807, 2.05) is 30.3 Å². The van der Waals surface area contributed by atoms with Gasteiger partial charge in [0.05, 0.1) is 24.2 Å². The molecule has 1 fully saturated rings. The van der Waals surface area contributed by atoms with Crippen molar-refractivity contribution in [2.24, 2.45) is 0 Å². The van der Waals surface area contributed by atoms with E-state index in [1.54, 1.807) is 0 Å². The van der Waals surface area contributed by atoms with Gasteiger partial charge in [-0.1, -0.05) is 34.1 Å². The number of anilines is 1. The predicted molar refractivity (Wildman–Crippen MR) is 77.3 cm³/mol. The Bertz CT molecular complexity index is 653. The molecule has 1 aliphatic rings. The number of benzene rings is 1. The molecule has 2 heterocycles. The molecule has 2 aromatic rings. The molecule has 0 saturated carbocycles. The fourth-order valence-electron chi connectivity index (χ4n) is 2.23. The number of para-hydroxylation sites is 1. The monoisotopic (exact) mass is 317 g/mol. The molecule has 0 spiro atoms. The van der Waals surface area contributed by atoms with Gasteiger partial charge in [-0.2, -0.15) is 5.26 Å². The van der Waals surface area contributed by atoms with Crippen LogP contribution < -0.4 is 4.90 Å². The zero-order valence-corrected chi connectivity index (χ0v) is 11.8. The van der Waals surface area contributed by atoms with Crippen LogP contribution in [0, 0.1) is 11.3 Å². The molecule has 0 amide bonds. The van der Waals surface area contributed by atoms with Crippen LogP contribution in [-0.2, 0) is 4.74 Å². The maximum Gasteiger partial charge on any atom is 0.147 e. The Balaban J connectivity index is 2.08. The van der Waals surface area contributed by atoms with Gasteiger partial charge in [-0.05, 0) is 12.1 Å². The lowest BCUT2D eigenvalue weighted by molar-refractivity contribution is 0.102. The van der Waals surface area contributed by atoms with Crippen molar-refractivity contribution in [2.75, 3.05) is 24.6 Å². The maximum absolute atomic E-state index is 9.31. The average molecular weight is 318 g/mol. The Morgan fingerprint density at radius 1 is 1.42 bits per heavy atom. The number of halogens is 1. The molecule has 0 bridgehead atoms. The van der Waals surface area contributed by atoms with Gasteiger partial charge in [0.2, 0.25) is 0 Å². The molecule has 1 aromatic heterocycles. The van der Waals surface area contributed by atoms with Gasteiger partial charge in [-0.25, -0.2) is 4.98 Å². The lowest BCUT2D eigenvalue weighted by Gasteiger charge is -2.31. The van der Waals surface area contributed by atoms with Crippen LogP contribution in [0.15, 0.2) is 30.3 Å². The molecule has 19 heavy (non-hydrogen) atoms. The summed E-state index contributed by atoms with van der Waals surface area (Å²) in [5, 5.41) is 10.3. The Hall–Kier alpha value is -1.64. The van der Waals surface area contributed by atoms with Gasteiger partial charge in [-0.15, -0.1) is 0 Å². The summed E-state index contributed by atoms with van der Waals surface area (Å²) in [5.41, 5.74) is 1.52. The summed E-state index contributed by atoms with van der Waals surface area (Å²) in [4.78, 5) is 6.72. The summed E-state index contributed by atoms with van der Waals surface area (Å²) in [6.07, 6.45) is 0. The second kappa shape index (κ2) is 5.16. The van der Waals surface area contributed by atoms with Gasteiger partial charge in [0.25, 0.3) is 0 Å². The van der Waals surface area contributed by atoms with E-state index in [9.17, 15) is 5.26 Å². The van der Waals surface area contributed by atoms with E-state index in [1.165, 1.54) is 0 Å². The van der Waals surface area contributed by atoms with Crippen molar-refractivity contribution in [2.45, 2.75) is 5.01 Å². The van der Waals surface area contributed by atoms with Gasteiger partial charge in [0, 0.05) is 11.9 Å². The Labute approximate surface area is 119 Å². The number of nitriles is 1. The molecule has 0 N–H and O–H groups in total. The van der Waals surface area contributed by atoms with Crippen LogP contribution in [0.2, 0.25) is 0 Å². The summed E-state index contributed by atoms with van der Waals surface area (Å²) >= 11 is 3.45. The van der Waals surface area contributed by atoms with Gasteiger partial charge in [0.1, 0.15) is 16.9 Å². The normalized spacial score (nSPS) is 19.4. The molecule has 1 aromatic carbocycles. The minimum absolute atomic E-state index is 0.0129. The fourth-order valence-corrected chi connectivity index (χ4v) is 2.77. The molecule has 1 saturated heterocycles. The SMILES string of the molecule is N#Cc1cc2ccccc2nc1N1CCOC(Br)C1. The highest BCUT2D eigenvalue weighted by Gasteiger charge is 2.21. The first kappa shape index (κ1) is 12.4. The minimum atomic E-state index is -0.0129. The van der Waals surface area contributed by atoms with Crippen molar-refractivity contribution in [3.05, 3.63) is 35.9 Å². The largest absolute Gasteiger partial charge is 0.363 e. The van der Waals surface area contributed by atoms with E-state index in [0.29, 0.717) is 18.7 Å². The lowest BCUT2D eigenvalue weighted by atomic mass is 10.1. The van der Waals surface area contributed by atoms with Crippen molar-refractivity contribution in [1.29, 1.82) is 5.26 Å². The maximum atomic E-state index is 9.31. The predicted octanol–water partition coefficient (Wildman–Crippen LogP) is 2.66. The fraction of sp³-hybridized carbons (Fsp3) is 0.286. The first-order chi connectivity index (χ1) is 9.28. The zero-order valence-electron chi connectivity index (χ0n) is 10.2. The number of morpholine rings is 1. The summed E-state index contributed by atoms with van der Waals surface area (Å²) in [5.74, 6) is 0.744. The highest BCUT2D eigenvalue weighted by atomic mass is 79.9. The topological polar surface area (TPSA) is 49.2 Å². The molecule has 96 valence electrons. The van der Waals surface area contributed by atoms with Crippen LogP contribution in [-0.4, -0.2) is 29.7 Å². The van der Waals surface area contributed by atoms with Crippen LogP contribution in [0.25, 0.3) is 10.9 Å². The van der Waals surface area contributed by atoms with Crippen LogP contribution >= 0.6 is 15.9 Å². The van der Waals surface area contributed by atoms with Crippen molar-refractivity contribution in [1.82, 2.24) is 4.98 Å². The van der Waals surface area contributed by atoms with Crippen molar-refractivity contribution >= 4 is 32.7 Å². The van der Waals surface area contributed by atoms with E-state index in [-0.39, 0.29) is 5.01 Å². The number of nitrogens with zero attached hydrogens (tertiary/aromatic N) is 3. The number of ether oxygens (including phenoxy) is 1. The van der Waals surface area contributed by atoms with Gasteiger partial charge < -0.3 is 9.64 Å². The van der Waals surface area contributed by atoms with Crippen molar-refractivity contribution in [3.63, 3.8) is 0 Å². The lowest BCUT2D eigenvalue weighted by Crippen LogP contribution is -2.40. The Morgan fingerprint density at radius 2 is 2.26 bits per heavy atom. The van der Waals surface area contributed by atoms with Crippen LogP contribution in [0.1, 0.15) is 5.56 Å². The number of rotatable bonds is 1. The number of aromatic nitrogens is 1. The molecular weight excluding hydrogens is 306 g/mol. The molecular formula is C14H12BrN3O. The minimum Gasteiger partial charge on any atom is -0.363 e. The number of hydrogen-bond donors (Lipinski definition) is 0. The van der Waals surface area contributed by atoms with E-state index in [4.69, 9.17) is 4.74 Å². The van der Waals surface area contributed by atoms with E-state index in [0.717, 1.165) is 23.3 Å². The third-order valence-corrected chi connectivity index (χ3v) is 3.70. The summed E-state index contributed by atoms with van der Waals surface area (Å²) < 4.78 is 5.45. The first-order valence-electron chi connectivity index (χ1n) is 6.08. The third kappa shape index (κ3) is 2.42. The quantitative estimate of drug-likeness (QED) is 0.759. The molecule has 0 aliphatic carbocycles. The number of pyridine rings is 1. The van der Waals surface area contributed by atoms with Crippen LogP contribution in [0.4, 0.5) is 5.82 Å². The molecule has 5 heteroatoms. The van der Waals surface area contributed by atoms with Crippen molar-refractivity contribution in [3.8, 4) is 6.07 Å². The highest BCUT2D eigenvalue weighted by molar-refractivity contribution is 9.09. The third-order valence-electron chi connectivity index (χ3n) is 3.15. The van der Waals surface area contributed by atoms with Gasteiger partial charge in [0.15, 0.2) is 0 Å². The number of fused-ring (bicyclic) bond motifs is 1. The highest BCUT2D eigenvalue weighted by Crippen LogP contribution is 2.25. The second-order valence-corrected chi connectivity index (χ2v) is 5.41.